The van der Waals surface area contributed by atoms with Crippen LogP contribution in [0.1, 0.15) is 6.92 Å². The Hall–Kier alpha value is -0.860. The first-order valence-electron chi connectivity index (χ1n) is 6.74. The van der Waals surface area contributed by atoms with Gasteiger partial charge in [-0.3, -0.25) is 4.79 Å². The molecule has 0 bridgehead atoms. The van der Waals surface area contributed by atoms with Gasteiger partial charge in [0.05, 0.1) is 13.2 Å². The van der Waals surface area contributed by atoms with E-state index in [-0.39, 0.29) is 13.2 Å². The molecule has 2 aliphatic rings. The van der Waals surface area contributed by atoms with Crippen LogP contribution >= 0.6 is 0 Å². The molecule has 2 fully saturated rings. The molecule has 0 aliphatic carbocycles. The van der Waals surface area contributed by atoms with Gasteiger partial charge in [0.15, 0.2) is 12.2 Å². The Labute approximate surface area is 115 Å². The Morgan fingerprint density at radius 3 is 2.20 bits per heavy atom. The van der Waals surface area contributed by atoms with E-state index in [9.17, 15) is 18.0 Å². The van der Waals surface area contributed by atoms with Gasteiger partial charge in [0.25, 0.3) is 0 Å². The monoisotopic (exact) mass is 296 g/mol. The van der Waals surface area contributed by atoms with Crippen LogP contribution in [0.5, 0.6) is 0 Å². The third-order valence-corrected chi connectivity index (χ3v) is 3.67. The van der Waals surface area contributed by atoms with Crippen LogP contribution in [-0.2, 0) is 14.3 Å². The Kier molecular flexibility index (Phi) is 4.87. The minimum absolute atomic E-state index is 0.0914. The Morgan fingerprint density at radius 1 is 1.20 bits per heavy atom. The summed E-state index contributed by atoms with van der Waals surface area (Å²) < 4.78 is 49.1. The summed E-state index contributed by atoms with van der Waals surface area (Å²) in [4.78, 5) is 15.5. The van der Waals surface area contributed by atoms with Crippen LogP contribution in [0.3, 0.4) is 0 Å². The maximum atomic E-state index is 13.1. The summed E-state index contributed by atoms with van der Waals surface area (Å²) in [5, 5.41) is 0. The zero-order valence-electron chi connectivity index (χ0n) is 11.4. The first-order valence-corrected chi connectivity index (χ1v) is 6.74. The van der Waals surface area contributed by atoms with Crippen LogP contribution in [0.25, 0.3) is 0 Å². The van der Waals surface area contributed by atoms with Crippen LogP contribution in [-0.4, -0.2) is 74.1 Å². The van der Waals surface area contributed by atoms with Crippen LogP contribution in [0, 0.1) is 5.92 Å². The fourth-order valence-electron chi connectivity index (χ4n) is 2.46. The maximum Gasteiger partial charge on any atom is 0.405 e. The van der Waals surface area contributed by atoms with Crippen molar-refractivity contribution in [3.05, 3.63) is 0 Å². The van der Waals surface area contributed by atoms with Crippen molar-refractivity contribution in [2.45, 2.75) is 19.4 Å². The van der Waals surface area contributed by atoms with Gasteiger partial charge in [0.2, 0.25) is 5.91 Å². The van der Waals surface area contributed by atoms with Crippen molar-refractivity contribution in [1.29, 1.82) is 0 Å². The predicted molar refractivity (Wildman–Crippen MR) is 63.9 cm³/mol. The van der Waals surface area contributed by atoms with E-state index in [1.165, 1.54) is 4.90 Å². The number of hydrogen-bond donors (Lipinski definition) is 0. The molecule has 2 heterocycles. The van der Waals surface area contributed by atoms with Crippen molar-refractivity contribution in [3.63, 3.8) is 0 Å². The standard InChI is InChI=1S/C12H19F3N2O3/c1-2-16-3-5-17(6-4-16)10(18)9(12(13,14)15)11-19-7-8-20-11/h9,11H,2-8H2,1H3. The number of rotatable bonds is 3. The number of ether oxygens (including phenoxy) is 2. The van der Waals surface area contributed by atoms with E-state index in [1.807, 2.05) is 6.92 Å². The van der Waals surface area contributed by atoms with Gasteiger partial charge in [0, 0.05) is 26.2 Å². The van der Waals surface area contributed by atoms with Gasteiger partial charge in [-0.25, -0.2) is 0 Å². The highest BCUT2D eigenvalue weighted by Crippen LogP contribution is 2.34. The van der Waals surface area contributed by atoms with Crippen LogP contribution < -0.4 is 0 Å². The molecule has 1 amide bonds. The lowest BCUT2D eigenvalue weighted by molar-refractivity contribution is -0.237. The molecule has 0 aromatic heterocycles. The van der Waals surface area contributed by atoms with E-state index in [0.29, 0.717) is 26.2 Å². The van der Waals surface area contributed by atoms with E-state index in [0.717, 1.165) is 6.54 Å². The van der Waals surface area contributed by atoms with E-state index >= 15 is 0 Å². The molecule has 2 aliphatic heterocycles. The number of amides is 1. The van der Waals surface area contributed by atoms with Crippen LogP contribution in [0.2, 0.25) is 0 Å². The topological polar surface area (TPSA) is 42.0 Å². The molecule has 116 valence electrons. The third kappa shape index (κ3) is 3.42. The van der Waals surface area contributed by atoms with Gasteiger partial charge in [-0.2, -0.15) is 13.2 Å². The zero-order valence-corrected chi connectivity index (χ0v) is 11.4. The molecular formula is C12H19F3N2O3. The first kappa shape index (κ1) is 15.5. The molecule has 0 spiro atoms. The lowest BCUT2D eigenvalue weighted by atomic mass is 10.1. The van der Waals surface area contributed by atoms with Gasteiger partial charge >= 0.3 is 6.18 Å². The molecule has 2 saturated heterocycles. The average molecular weight is 296 g/mol. The van der Waals surface area contributed by atoms with Crippen LogP contribution in [0.4, 0.5) is 13.2 Å². The van der Waals surface area contributed by atoms with Gasteiger partial charge in [-0.05, 0) is 6.54 Å². The lowest BCUT2D eigenvalue weighted by Gasteiger charge is -2.37. The second-order valence-corrected chi connectivity index (χ2v) is 4.89. The number of carbonyl (C=O) groups excluding carboxylic acids is 1. The Balaban J connectivity index is 2.03. The molecule has 1 unspecified atom stereocenters. The summed E-state index contributed by atoms with van der Waals surface area (Å²) in [6, 6.07) is 0. The second-order valence-electron chi connectivity index (χ2n) is 4.89. The molecule has 20 heavy (non-hydrogen) atoms. The summed E-state index contributed by atoms with van der Waals surface area (Å²) in [6.07, 6.45) is -6.17. The lowest BCUT2D eigenvalue weighted by Crippen LogP contribution is -2.54. The third-order valence-electron chi connectivity index (χ3n) is 3.67. The molecule has 5 nitrogen and oxygen atoms in total. The SMILES string of the molecule is CCN1CCN(C(=O)C(C2OCCO2)C(F)(F)F)CC1. The smallest absolute Gasteiger partial charge is 0.349 e. The van der Waals surface area contributed by atoms with Crippen molar-refractivity contribution in [2.75, 3.05) is 45.9 Å². The van der Waals surface area contributed by atoms with Crippen molar-refractivity contribution < 1.29 is 27.4 Å². The number of likely N-dealkylation sites (N-methyl/N-ethyl adjacent to an activating group) is 1. The summed E-state index contributed by atoms with van der Waals surface area (Å²) in [6.45, 7) is 4.81. The highest BCUT2D eigenvalue weighted by Gasteiger charge is 2.53. The van der Waals surface area contributed by atoms with Crippen molar-refractivity contribution >= 4 is 5.91 Å². The largest absolute Gasteiger partial charge is 0.405 e. The number of carbonyl (C=O) groups is 1. The van der Waals surface area contributed by atoms with Crippen molar-refractivity contribution in [3.8, 4) is 0 Å². The summed E-state index contributed by atoms with van der Waals surface area (Å²) in [7, 11) is 0. The molecule has 8 heteroatoms. The average Bonchev–Trinajstić information content (AvgIpc) is 2.91. The van der Waals surface area contributed by atoms with Gasteiger partial charge in [0.1, 0.15) is 0 Å². The normalized spacial score (nSPS) is 24.1. The van der Waals surface area contributed by atoms with Gasteiger partial charge in [-0.1, -0.05) is 6.92 Å². The molecule has 0 radical (unpaired) electrons. The minimum atomic E-state index is -4.66. The number of hydrogen-bond acceptors (Lipinski definition) is 4. The summed E-state index contributed by atoms with van der Waals surface area (Å²) in [5.41, 5.74) is 0. The van der Waals surface area contributed by atoms with E-state index < -0.39 is 24.3 Å². The fourth-order valence-corrected chi connectivity index (χ4v) is 2.46. The quantitative estimate of drug-likeness (QED) is 0.769. The predicted octanol–water partition coefficient (Wildman–Crippen LogP) is 0.702. The molecule has 0 saturated carbocycles. The highest BCUT2D eigenvalue weighted by molar-refractivity contribution is 5.80. The van der Waals surface area contributed by atoms with E-state index in [2.05, 4.69) is 4.90 Å². The van der Waals surface area contributed by atoms with E-state index in [4.69, 9.17) is 9.47 Å². The van der Waals surface area contributed by atoms with Gasteiger partial charge < -0.3 is 19.3 Å². The van der Waals surface area contributed by atoms with Crippen molar-refractivity contribution in [2.24, 2.45) is 5.92 Å². The molecule has 0 aromatic rings. The maximum absolute atomic E-state index is 13.1. The Morgan fingerprint density at radius 2 is 1.75 bits per heavy atom. The highest BCUT2D eigenvalue weighted by atomic mass is 19.4. The zero-order chi connectivity index (χ0) is 14.8. The summed E-state index contributed by atoms with van der Waals surface area (Å²) in [5.74, 6) is -3.17. The van der Waals surface area contributed by atoms with Crippen LogP contribution in [0.15, 0.2) is 0 Å². The summed E-state index contributed by atoms with van der Waals surface area (Å²) >= 11 is 0. The molecule has 0 N–H and O–H groups in total. The molecule has 2 rings (SSSR count). The molecular weight excluding hydrogens is 277 g/mol. The first-order chi connectivity index (χ1) is 9.43. The second kappa shape index (κ2) is 6.28. The van der Waals surface area contributed by atoms with Crippen molar-refractivity contribution in [1.82, 2.24) is 9.80 Å². The number of alkyl halides is 3. The number of halogens is 3. The number of nitrogens with zero attached hydrogens (tertiary/aromatic N) is 2. The molecule has 1 atom stereocenters. The molecule has 0 aromatic carbocycles. The Bertz CT molecular complexity index is 337. The number of piperazine rings is 1. The van der Waals surface area contributed by atoms with E-state index in [1.54, 1.807) is 0 Å². The van der Waals surface area contributed by atoms with Gasteiger partial charge in [-0.15, -0.1) is 0 Å². The minimum Gasteiger partial charge on any atom is -0.349 e. The fraction of sp³-hybridized carbons (Fsp3) is 0.917.